The Kier molecular flexibility index (Phi) is 17.9. The van der Waals surface area contributed by atoms with Crippen LogP contribution in [0.3, 0.4) is 0 Å². The van der Waals surface area contributed by atoms with Crippen molar-refractivity contribution in [3.8, 4) is 0 Å². The summed E-state index contributed by atoms with van der Waals surface area (Å²) in [7, 11) is -4.10. The van der Waals surface area contributed by atoms with E-state index < -0.39 is 15.9 Å². The van der Waals surface area contributed by atoms with E-state index in [2.05, 4.69) is 33.0 Å². The first-order valence-corrected chi connectivity index (χ1v) is 24.0. The summed E-state index contributed by atoms with van der Waals surface area (Å²) in [6.07, 6.45) is 29.4. The summed E-state index contributed by atoms with van der Waals surface area (Å²) in [5.74, 6) is 2.06. The molecule has 0 spiro atoms. The third kappa shape index (κ3) is 12.7. The van der Waals surface area contributed by atoms with Crippen LogP contribution in [0.2, 0.25) is 0 Å². The van der Waals surface area contributed by atoms with Gasteiger partial charge in [0, 0.05) is 19.4 Å². The molecule has 10 unspecified atom stereocenters. The van der Waals surface area contributed by atoms with Crippen LogP contribution in [0.1, 0.15) is 195 Å². The van der Waals surface area contributed by atoms with Crippen LogP contribution in [-0.2, 0) is 24.4 Å². The third-order valence-electron chi connectivity index (χ3n) is 15.3. The van der Waals surface area contributed by atoms with Gasteiger partial charge >= 0.3 is 5.97 Å². The molecule has 0 radical (unpaired) electrons. The largest absolute Gasteiger partial charge is 0.462 e. The zero-order valence-corrected chi connectivity index (χ0v) is 35.1. The van der Waals surface area contributed by atoms with Gasteiger partial charge in [-0.15, -0.1) is 0 Å². The summed E-state index contributed by atoms with van der Waals surface area (Å²) in [5, 5.41) is 14.6. The summed E-state index contributed by atoms with van der Waals surface area (Å²) in [6, 6.07) is 0. The summed E-state index contributed by atoms with van der Waals surface area (Å²) >= 11 is 0. The van der Waals surface area contributed by atoms with E-state index in [-0.39, 0.29) is 47.4 Å². The number of fused-ring (bicyclic) bond motifs is 5. The first-order chi connectivity index (χ1) is 25.3. The number of aliphatic hydroxyl groups is 1. The number of hydrogen-bond acceptors (Lipinski definition) is 6. The molecule has 0 saturated heterocycles. The fourth-order valence-corrected chi connectivity index (χ4v) is 12.5. The fourth-order valence-electron chi connectivity index (χ4n) is 12.1. The molecule has 4 saturated carbocycles. The Morgan fingerprint density at radius 2 is 1.40 bits per heavy atom. The smallest absolute Gasteiger partial charge is 0.306 e. The molecule has 0 bridgehead atoms. The van der Waals surface area contributed by atoms with E-state index in [1.54, 1.807) is 0 Å². The lowest BCUT2D eigenvalue weighted by molar-refractivity contribution is -0.181. The Morgan fingerprint density at radius 3 is 2.00 bits per heavy atom. The molecule has 53 heavy (non-hydrogen) atoms. The lowest BCUT2D eigenvalue weighted by Gasteiger charge is -2.62. The Hall–Kier alpha value is -1.19. The standard InChI is InChI=1S/C44H79NO7S/c1-5-6-7-8-9-10-11-12-13-14-15-16-17-18-19-20-42(48)52-35-27-28-43(3)34(31-35)22-23-36-38-25-24-37(44(38,4)40(46)32-39(36)43)33(2)21-26-41(47)45-29-30-53(49,50)51/h33-40,46H,5-32H2,1-4H3,(H,45,47)(H,49,50,51). The second-order valence-corrected chi connectivity index (χ2v) is 20.3. The first kappa shape index (κ1) is 44.5. The number of amides is 1. The zero-order valence-electron chi connectivity index (χ0n) is 34.3. The van der Waals surface area contributed by atoms with Gasteiger partial charge < -0.3 is 15.2 Å². The predicted octanol–water partition coefficient (Wildman–Crippen LogP) is 10.2. The third-order valence-corrected chi connectivity index (χ3v) is 16.0. The molecule has 4 aliphatic rings. The molecule has 0 aliphatic heterocycles. The first-order valence-electron chi connectivity index (χ1n) is 22.4. The topological polar surface area (TPSA) is 130 Å². The molecule has 0 aromatic carbocycles. The van der Waals surface area contributed by atoms with Crippen LogP contribution in [-0.4, -0.2) is 54.5 Å². The molecule has 9 heteroatoms. The van der Waals surface area contributed by atoms with Gasteiger partial charge in [0.2, 0.25) is 5.91 Å². The van der Waals surface area contributed by atoms with Crippen molar-refractivity contribution in [2.24, 2.45) is 46.3 Å². The van der Waals surface area contributed by atoms with Gasteiger partial charge in [-0.3, -0.25) is 14.1 Å². The summed E-state index contributed by atoms with van der Waals surface area (Å²) in [6.45, 7) is 9.21. The number of esters is 1. The van der Waals surface area contributed by atoms with E-state index in [4.69, 9.17) is 9.29 Å². The maximum atomic E-state index is 12.9. The number of carbonyl (C=O) groups is 2. The van der Waals surface area contributed by atoms with Crippen LogP contribution < -0.4 is 5.32 Å². The van der Waals surface area contributed by atoms with Gasteiger partial charge in [0.05, 0.1) is 11.9 Å². The highest BCUT2D eigenvalue weighted by molar-refractivity contribution is 7.85. The molecule has 0 aromatic heterocycles. The minimum absolute atomic E-state index is 0.00691. The highest BCUT2D eigenvalue weighted by atomic mass is 32.2. The number of rotatable bonds is 24. The van der Waals surface area contributed by atoms with Gasteiger partial charge in [0.25, 0.3) is 10.1 Å². The maximum Gasteiger partial charge on any atom is 0.306 e. The summed E-state index contributed by atoms with van der Waals surface area (Å²) in [5.41, 5.74) is 0.0110. The van der Waals surface area contributed by atoms with Crippen LogP contribution in [0.4, 0.5) is 0 Å². The highest BCUT2D eigenvalue weighted by Crippen LogP contribution is 2.68. The van der Waals surface area contributed by atoms with Crippen LogP contribution in [0.5, 0.6) is 0 Å². The van der Waals surface area contributed by atoms with Gasteiger partial charge in [0.15, 0.2) is 0 Å². The van der Waals surface area contributed by atoms with Crippen molar-refractivity contribution >= 4 is 22.0 Å². The average molecular weight is 766 g/mol. The van der Waals surface area contributed by atoms with E-state index in [1.807, 2.05) is 0 Å². The SMILES string of the molecule is CCCCCCCCCCCCCCCCCC(=O)OC1CCC2(C)C(CCC3C2CC(O)C2(C)C(C(C)CCC(=O)NCCS(=O)(=O)O)CCC32)C1. The number of aliphatic hydroxyl groups excluding tert-OH is 1. The van der Waals surface area contributed by atoms with Crippen LogP contribution in [0.25, 0.3) is 0 Å². The summed E-state index contributed by atoms with van der Waals surface area (Å²) in [4.78, 5) is 25.3. The number of ether oxygens (including phenoxy) is 1. The number of nitrogens with one attached hydrogen (secondary N) is 1. The highest BCUT2D eigenvalue weighted by Gasteiger charge is 2.63. The molecule has 308 valence electrons. The Morgan fingerprint density at radius 1 is 0.792 bits per heavy atom. The van der Waals surface area contributed by atoms with Crippen molar-refractivity contribution in [2.45, 2.75) is 207 Å². The molecule has 0 aromatic rings. The zero-order chi connectivity index (χ0) is 38.5. The van der Waals surface area contributed by atoms with Crippen LogP contribution in [0, 0.1) is 46.3 Å². The Labute approximate surface area is 324 Å². The van der Waals surface area contributed by atoms with Gasteiger partial charge in [-0.25, -0.2) is 0 Å². The van der Waals surface area contributed by atoms with Crippen molar-refractivity contribution in [3.05, 3.63) is 0 Å². The minimum atomic E-state index is -4.10. The van der Waals surface area contributed by atoms with Gasteiger partial charge in [0.1, 0.15) is 6.10 Å². The lowest BCUT2D eigenvalue weighted by atomic mass is 9.43. The van der Waals surface area contributed by atoms with Crippen LogP contribution >= 0.6 is 0 Å². The van der Waals surface area contributed by atoms with E-state index in [9.17, 15) is 23.1 Å². The van der Waals surface area contributed by atoms with Crippen molar-refractivity contribution < 1.29 is 32.4 Å². The van der Waals surface area contributed by atoms with Crippen molar-refractivity contribution in [1.29, 1.82) is 0 Å². The van der Waals surface area contributed by atoms with E-state index in [0.717, 1.165) is 51.4 Å². The molecule has 1 amide bonds. The average Bonchev–Trinajstić information content (AvgIpc) is 3.47. The molecule has 10 atom stereocenters. The molecular formula is C44H79NO7S. The number of unbranched alkanes of at least 4 members (excludes halogenated alkanes) is 14. The fraction of sp³-hybridized carbons (Fsp3) is 0.955. The van der Waals surface area contributed by atoms with Crippen molar-refractivity contribution in [1.82, 2.24) is 5.32 Å². The summed E-state index contributed by atoms with van der Waals surface area (Å²) < 4.78 is 37.0. The molecule has 8 nitrogen and oxygen atoms in total. The maximum absolute atomic E-state index is 12.9. The minimum Gasteiger partial charge on any atom is -0.462 e. The monoisotopic (exact) mass is 766 g/mol. The van der Waals surface area contributed by atoms with Crippen molar-refractivity contribution in [2.75, 3.05) is 12.3 Å². The quantitative estimate of drug-likeness (QED) is 0.0507. The van der Waals surface area contributed by atoms with E-state index in [1.165, 1.54) is 96.3 Å². The second-order valence-electron chi connectivity index (χ2n) is 18.7. The molecule has 4 rings (SSSR count). The van der Waals surface area contributed by atoms with Gasteiger partial charge in [-0.2, -0.15) is 8.42 Å². The number of hydrogen-bond donors (Lipinski definition) is 3. The molecule has 4 aliphatic carbocycles. The normalized spacial score (nSPS) is 33.1. The van der Waals surface area contributed by atoms with Crippen LogP contribution in [0.15, 0.2) is 0 Å². The van der Waals surface area contributed by atoms with Gasteiger partial charge in [-0.1, -0.05) is 118 Å². The van der Waals surface area contributed by atoms with Crippen molar-refractivity contribution in [3.63, 3.8) is 0 Å². The Balaban J connectivity index is 1.13. The van der Waals surface area contributed by atoms with E-state index in [0.29, 0.717) is 48.9 Å². The van der Waals surface area contributed by atoms with E-state index >= 15 is 0 Å². The second kappa shape index (κ2) is 21.4. The number of carbonyl (C=O) groups excluding carboxylic acids is 2. The Bertz CT molecular complexity index is 1230. The molecule has 4 fully saturated rings. The molecule has 0 heterocycles. The van der Waals surface area contributed by atoms with Gasteiger partial charge in [-0.05, 0) is 111 Å². The predicted molar refractivity (Wildman–Crippen MR) is 214 cm³/mol. The molecule has 3 N–H and O–H groups in total. The molecular weight excluding hydrogens is 687 g/mol. The lowest BCUT2D eigenvalue weighted by Crippen LogP contribution is -2.59.